The molecule has 3 aromatic rings. The first kappa shape index (κ1) is 18.5. The molecule has 0 bridgehead atoms. The van der Waals surface area contributed by atoms with Crippen molar-refractivity contribution in [2.75, 3.05) is 0 Å². The summed E-state index contributed by atoms with van der Waals surface area (Å²) in [6, 6.07) is 17.3. The van der Waals surface area contributed by atoms with Crippen molar-refractivity contribution in [3.63, 3.8) is 0 Å². The standard InChI is InChI=1S/C20H17F3O2S/c1-14(15-9-11-18(12-10-15)20(21,22)23)26(24,25)13-17-7-4-6-16-5-2-3-8-19(16)17/h2-12,14H,13H2,1H3. The lowest BCUT2D eigenvalue weighted by molar-refractivity contribution is -0.137. The van der Waals surface area contributed by atoms with E-state index in [1.165, 1.54) is 19.1 Å². The van der Waals surface area contributed by atoms with Crippen LogP contribution in [0.5, 0.6) is 0 Å². The molecule has 0 N–H and O–H groups in total. The lowest BCUT2D eigenvalue weighted by Gasteiger charge is -2.15. The quantitative estimate of drug-likeness (QED) is 0.598. The van der Waals surface area contributed by atoms with Gasteiger partial charge in [0.25, 0.3) is 0 Å². The van der Waals surface area contributed by atoms with Crippen molar-refractivity contribution in [2.45, 2.75) is 24.1 Å². The van der Waals surface area contributed by atoms with E-state index in [2.05, 4.69) is 0 Å². The molecule has 0 radical (unpaired) electrons. The first-order valence-corrected chi connectivity index (χ1v) is 9.75. The average Bonchev–Trinajstić information content (AvgIpc) is 2.60. The molecule has 3 aromatic carbocycles. The largest absolute Gasteiger partial charge is 0.416 e. The minimum Gasteiger partial charge on any atom is -0.228 e. The predicted molar refractivity (Wildman–Crippen MR) is 96.4 cm³/mol. The molecule has 1 atom stereocenters. The second-order valence-electron chi connectivity index (χ2n) is 6.21. The van der Waals surface area contributed by atoms with Gasteiger partial charge < -0.3 is 0 Å². The Morgan fingerprint density at radius 1 is 0.885 bits per heavy atom. The van der Waals surface area contributed by atoms with Gasteiger partial charge in [0.1, 0.15) is 0 Å². The minimum atomic E-state index is -4.44. The molecule has 0 saturated carbocycles. The molecule has 0 amide bonds. The van der Waals surface area contributed by atoms with Crippen LogP contribution in [-0.4, -0.2) is 8.42 Å². The number of benzene rings is 3. The fraction of sp³-hybridized carbons (Fsp3) is 0.200. The van der Waals surface area contributed by atoms with Crippen LogP contribution in [0, 0.1) is 0 Å². The Hall–Kier alpha value is -2.34. The molecule has 0 fully saturated rings. The van der Waals surface area contributed by atoms with Crippen LogP contribution in [0.4, 0.5) is 13.2 Å². The highest BCUT2D eigenvalue weighted by molar-refractivity contribution is 7.90. The second-order valence-corrected chi connectivity index (χ2v) is 8.53. The molecule has 2 nitrogen and oxygen atoms in total. The van der Waals surface area contributed by atoms with Gasteiger partial charge in [0.05, 0.1) is 16.6 Å². The number of alkyl halides is 3. The zero-order valence-electron chi connectivity index (χ0n) is 14.0. The van der Waals surface area contributed by atoms with Gasteiger partial charge in [-0.05, 0) is 41.0 Å². The van der Waals surface area contributed by atoms with Crippen LogP contribution in [0.25, 0.3) is 10.8 Å². The van der Waals surface area contributed by atoms with Crippen molar-refractivity contribution in [1.29, 1.82) is 0 Å². The van der Waals surface area contributed by atoms with E-state index in [1.54, 1.807) is 12.1 Å². The summed E-state index contributed by atoms with van der Waals surface area (Å²) in [4.78, 5) is 0. The molecule has 0 aromatic heterocycles. The van der Waals surface area contributed by atoms with E-state index < -0.39 is 26.8 Å². The lowest BCUT2D eigenvalue weighted by Crippen LogP contribution is -2.13. The van der Waals surface area contributed by atoms with E-state index in [0.717, 1.165) is 22.9 Å². The molecule has 0 spiro atoms. The van der Waals surface area contributed by atoms with Crippen molar-refractivity contribution in [3.05, 3.63) is 83.4 Å². The number of fused-ring (bicyclic) bond motifs is 1. The van der Waals surface area contributed by atoms with E-state index in [4.69, 9.17) is 0 Å². The summed E-state index contributed by atoms with van der Waals surface area (Å²) in [6.45, 7) is 1.50. The van der Waals surface area contributed by atoms with E-state index in [9.17, 15) is 21.6 Å². The van der Waals surface area contributed by atoms with Gasteiger partial charge in [0.15, 0.2) is 9.84 Å². The Morgan fingerprint density at radius 2 is 1.50 bits per heavy atom. The number of rotatable bonds is 4. The summed E-state index contributed by atoms with van der Waals surface area (Å²) in [6.07, 6.45) is -4.44. The van der Waals surface area contributed by atoms with Crippen molar-refractivity contribution in [1.82, 2.24) is 0 Å². The van der Waals surface area contributed by atoms with Crippen LogP contribution >= 0.6 is 0 Å². The van der Waals surface area contributed by atoms with Gasteiger partial charge in [-0.25, -0.2) is 8.42 Å². The van der Waals surface area contributed by atoms with E-state index in [0.29, 0.717) is 11.1 Å². The molecule has 0 aliphatic heterocycles. The van der Waals surface area contributed by atoms with Gasteiger partial charge in [0, 0.05) is 0 Å². The number of halogens is 3. The molecule has 136 valence electrons. The topological polar surface area (TPSA) is 34.1 Å². The first-order valence-electron chi connectivity index (χ1n) is 8.04. The predicted octanol–water partition coefficient (Wildman–Crippen LogP) is 5.53. The molecule has 0 heterocycles. The Bertz CT molecular complexity index is 1020. The van der Waals surface area contributed by atoms with E-state index >= 15 is 0 Å². The number of sulfone groups is 1. The Balaban J connectivity index is 1.90. The van der Waals surface area contributed by atoms with Crippen molar-refractivity contribution >= 4 is 20.6 Å². The van der Waals surface area contributed by atoms with Crippen LogP contribution in [0.1, 0.15) is 28.9 Å². The van der Waals surface area contributed by atoms with E-state index in [-0.39, 0.29) is 5.75 Å². The maximum atomic E-state index is 12.8. The third-order valence-corrected chi connectivity index (χ3v) is 6.55. The molecule has 26 heavy (non-hydrogen) atoms. The van der Waals surface area contributed by atoms with Gasteiger partial charge in [-0.1, -0.05) is 54.6 Å². The molecule has 3 rings (SSSR count). The van der Waals surface area contributed by atoms with Gasteiger partial charge in [-0.3, -0.25) is 0 Å². The van der Waals surface area contributed by atoms with Crippen LogP contribution in [0.3, 0.4) is 0 Å². The third-order valence-electron chi connectivity index (χ3n) is 4.48. The van der Waals surface area contributed by atoms with Gasteiger partial charge in [0.2, 0.25) is 0 Å². The van der Waals surface area contributed by atoms with Crippen LogP contribution in [0.15, 0.2) is 66.7 Å². The summed E-state index contributed by atoms with van der Waals surface area (Å²) < 4.78 is 63.6. The molecule has 0 saturated heterocycles. The van der Waals surface area contributed by atoms with Crippen LogP contribution in [0.2, 0.25) is 0 Å². The molecule has 0 aliphatic rings. The molecule has 1 unspecified atom stereocenters. The molecular weight excluding hydrogens is 361 g/mol. The zero-order chi connectivity index (χ0) is 18.9. The van der Waals surface area contributed by atoms with Gasteiger partial charge >= 0.3 is 6.18 Å². The van der Waals surface area contributed by atoms with Gasteiger partial charge in [-0.15, -0.1) is 0 Å². The maximum absolute atomic E-state index is 12.8. The van der Waals surface area contributed by atoms with Crippen molar-refractivity contribution < 1.29 is 21.6 Å². The fourth-order valence-electron chi connectivity index (χ4n) is 2.91. The normalized spacial score (nSPS) is 13.7. The maximum Gasteiger partial charge on any atom is 0.416 e. The smallest absolute Gasteiger partial charge is 0.228 e. The Morgan fingerprint density at radius 3 is 2.15 bits per heavy atom. The summed E-state index contributed by atoms with van der Waals surface area (Å²) in [5.74, 6) is -0.170. The lowest BCUT2D eigenvalue weighted by atomic mass is 10.1. The van der Waals surface area contributed by atoms with Crippen LogP contribution < -0.4 is 0 Å². The summed E-state index contributed by atoms with van der Waals surface area (Å²) in [5.41, 5.74) is 0.236. The SMILES string of the molecule is CC(c1ccc(C(F)(F)F)cc1)S(=O)(=O)Cc1cccc2ccccc12. The minimum absolute atomic E-state index is 0.170. The van der Waals surface area contributed by atoms with E-state index in [1.807, 2.05) is 30.3 Å². The van der Waals surface area contributed by atoms with Crippen molar-refractivity contribution in [3.8, 4) is 0 Å². The highest BCUT2D eigenvalue weighted by Gasteiger charge is 2.31. The average molecular weight is 378 g/mol. The summed E-state index contributed by atoms with van der Waals surface area (Å²) in [5, 5.41) is 0.907. The van der Waals surface area contributed by atoms with Crippen molar-refractivity contribution in [2.24, 2.45) is 0 Å². The third kappa shape index (κ3) is 3.75. The highest BCUT2D eigenvalue weighted by Crippen LogP contribution is 2.32. The Labute approximate surface area is 150 Å². The van der Waals surface area contributed by atoms with Gasteiger partial charge in [-0.2, -0.15) is 13.2 Å². The Kier molecular flexibility index (Phi) is 4.80. The molecule has 0 aliphatic carbocycles. The molecular formula is C20H17F3O2S. The fourth-order valence-corrected chi connectivity index (χ4v) is 4.42. The first-order chi connectivity index (χ1) is 12.2. The molecule has 6 heteroatoms. The highest BCUT2D eigenvalue weighted by atomic mass is 32.2. The van der Waals surface area contributed by atoms with Crippen LogP contribution in [-0.2, 0) is 21.8 Å². The zero-order valence-corrected chi connectivity index (χ0v) is 14.8. The summed E-state index contributed by atoms with van der Waals surface area (Å²) >= 11 is 0. The summed E-state index contributed by atoms with van der Waals surface area (Å²) in [7, 11) is -3.59. The number of hydrogen-bond donors (Lipinski definition) is 0. The second kappa shape index (κ2) is 6.76. The monoisotopic (exact) mass is 378 g/mol. The number of hydrogen-bond acceptors (Lipinski definition) is 2.